The number of carbonyl (C=O) groups excluding carboxylic acids is 1. The van der Waals surface area contributed by atoms with E-state index in [1.54, 1.807) is 30.3 Å². The van der Waals surface area contributed by atoms with E-state index in [9.17, 15) is 4.79 Å². The van der Waals surface area contributed by atoms with Gasteiger partial charge in [-0.2, -0.15) is 0 Å². The second-order valence-electron chi connectivity index (χ2n) is 6.13. The van der Waals surface area contributed by atoms with E-state index in [-0.39, 0.29) is 11.7 Å². The highest BCUT2D eigenvalue weighted by molar-refractivity contribution is 6.04. The van der Waals surface area contributed by atoms with Gasteiger partial charge in [-0.05, 0) is 67.6 Å². The first-order valence-electron chi connectivity index (χ1n) is 9.02. The van der Waals surface area contributed by atoms with Gasteiger partial charge in [0, 0.05) is 11.1 Å². The molecule has 0 aliphatic rings. The second-order valence-corrected chi connectivity index (χ2v) is 6.13. The lowest BCUT2D eigenvalue weighted by molar-refractivity contribution is 0.0998. The van der Waals surface area contributed by atoms with Crippen LogP contribution in [-0.4, -0.2) is 12.5 Å². The zero-order valence-electron chi connectivity index (χ0n) is 15.3. The summed E-state index contributed by atoms with van der Waals surface area (Å²) in [5.74, 6) is 2.17. The van der Waals surface area contributed by atoms with Crippen LogP contribution in [0, 0.1) is 0 Å². The Balaban J connectivity index is 1.40. The molecule has 0 saturated carbocycles. The highest BCUT2D eigenvalue weighted by Gasteiger charge is 2.12. The molecule has 1 aromatic heterocycles. The monoisotopic (exact) mass is 373 g/mol. The molecule has 5 heteroatoms. The zero-order chi connectivity index (χ0) is 19.3. The Morgan fingerprint density at radius 2 is 1.54 bits per heavy atom. The van der Waals surface area contributed by atoms with Gasteiger partial charge in [0.15, 0.2) is 5.76 Å². The minimum Gasteiger partial charge on any atom is -0.494 e. The van der Waals surface area contributed by atoms with Gasteiger partial charge in [0.1, 0.15) is 22.8 Å². The van der Waals surface area contributed by atoms with Crippen molar-refractivity contribution in [1.29, 1.82) is 0 Å². The van der Waals surface area contributed by atoms with Crippen LogP contribution in [0.25, 0.3) is 11.0 Å². The van der Waals surface area contributed by atoms with Crippen molar-refractivity contribution < 1.29 is 18.7 Å². The minimum atomic E-state index is -0.295. The van der Waals surface area contributed by atoms with Crippen molar-refractivity contribution in [3.63, 3.8) is 0 Å². The van der Waals surface area contributed by atoms with Crippen LogP contribution in [0.3, 0.4) is 0 Å². The maximum atomic E-state index is 12.4. The number of para-hydroxylation sites is 1. The number of ether oxygens (including phenoxy) is 2. The normalized spacial score (nSPS) is 10.6. The molecule has 0 aliphatic carbocycles. The Morgan fingerprint density at radius 1 is 0.893 bits per heavy atom. The first kappa shape index (κ1) is 17.7. The van der Waals surface area contributed by atoms with Crippen LogP contribution < -0.4 is 14.8 Å². The van der Waals surface area contributed by atoms with Crippen LogP contribution in [0.1, 0.15) is 17.5 Å². The maximum Gasteiger partial charge on any atom is 0.291 e. The molecule has 1 N–H and O–H groups in total. The third-order valence-electron chi connectivity index (χ3n) is 4.13. The fourth-order valence-electron chi connectivity index (χ4n) is 2.80. The number of hydrogen-bond acceptors (Lipinski definition) is 4. The number of amides is 1. The van der Waals surface area contributed by atoms with Crippen molar-refractivity contribution in [2.75, 3.05) is 11.9 Å². The van der Waals surface area contributed by atoms with Gasteiger partial charge < -0.3 is 19.2 Å². The second kappa shape index (κ2) is 7.88. The summed E-state index contributed by atoms with van der Waals surface area (Å²) in [4.78, 5) is 12.4. The molecule has 0 spiro atoms. The highest BCUT2D eigenvalue weighted by atomic mass is 16.5. The predicted octanol–water partition coefficient (Wildman–Crippen LogP) is 5.88. The van der Waals surface area contributed by atoms with Gasteiger partial charge in [-0.1, -0.05) is 18.2 Å². The Kier molecular flexibility index (Phi) is 4.97. The molecule has 0 fully saturated rings. The molecule has 1 heterocycles. The highest BCUT2D eigenvalue weighted by Crippen LogP contribution is 2.26. The summed E-state index contributed by atoms with van der Waals surface area (Å²) in [5, 5.41) is 3.72. The summed E-state index contributed by atoms with van der Waals surface area (Å²) in [7, 11) is 0. The summed E-state index contributed by atoms with van der Waals surface area (Å²) >= 11 is 0. The van der Waals surface area contributed by atoms with E-state index < -0.39 is 0 Å². The number of rotatable bonds is 6. The average Bonchev–Trinajstić information content (AvgIpc) is 3.16. The average molecular weight is 373 g/mol. The first-order valence-corrected chi connectivity index (χ1v) is 9.02. The first-order chi connectivity index (χ1) is 13.7. The lowest BCUT2D eigenvalue weighted by Gasteiger charge is -2.08. The maximum absolute atomic E-state index is 12.4. The van der Waals surface area contributed by atoms with Crippen molar-refractivity contribution in [1.82, 2.24) is 0 Å². The van der Waals surface area contributed by atoms with E-state index in [2.05, 4.69) is 5.32 Å². The number of benzene rings is 3. The number of furan rings is 1. The molecule has 0 radical (unpaired) electrons. The molecule has 0 atom stereocenters. The Labute approximate surface area is 162 Å². The van der Waals surface area contributed by atoms with Crippen LogP contribution >= 0.6 is 0 Å². The molecule has 5 nitrogen and oxygen atoms in total. The molecule has 0 unspecified atom stereocenters. The number of hydrogen-bond donors (Lipinski definition) is 1. The third kappa shape index (κ3) is 3.99. The molecule has 0 aliphatic heterocycles. The largest absolute Gasteiger partial charge is 0.494 e. The van der Waals surface area contributed by atoms with Crippen LogP contribution in [0.5, 0.6) is 17.2 Å². The topological polar surface area (TPSA) is 60.7 Å². The summed E-state index contributed by atoms with van der Waals surface area (Å²) in [6.07, 6.45) is 0. The van der Waals surface area contributed by atoms with Crippen molar-refractivity contribution in [3.8, 4) is 17.2 Å². The lowest BCUT2D eigenvalue weighted by Crippen LogP contribution is -2.10. The summed E-state index contributed by atoms with van der Waals surface area (Å²) in [5.41, 5.74) is 1.34. The molecule has 4 aromatic rings. The SMILES string of the molecule is CCOc1ccc(Oc2ccc(NC(=O)c3cc4ccccc4o3)cc2)cc1. The van der Waals surface area contributed by atoms with Gasteiger partial charge in [-0.25, -0.2) is 0 Å². The molecule has 0 saturated heterocycles. The van der Waals surface area contributed by atoms with Gasteiger partial charge in [-0.15, -0.1) is 0 Å². The smallest absolute Gasteiger partial charge is 0.291 e. The van der Waals surface area contributed by atoms with Crippen LogP contribution in [-0.2, 0) is 0 Å². The van der Waals surface area contributed by atoms with Gasteiger partial charge in [-0.3, -0.25) is 4.79 Å². The summed E-state index contributed by atoms with van der Waals surface area (Å²) in [6, 6.07) is 23.8. The molecule has 0 bridgehead atoms. The molecular weight excluding hydrogens is 354 g/mol. The minimum absolute atomic E-state index is 0.274. The lowest BCUT2D eigenvalue weighted by atomic mass is 10.2. The van der Waals surface area contributed by atoms with E-state index in [0.717, 1.165) is 11.1 Å². The van der Waals surface area contributed by atoms with Crippen molar-refractivity contribution in [2.24, 2.45) is 0 Å². The standard InChI is InChI=1S/C23H19NO4/c1-2-26-18-11-13-20(14-12-18)27-19-9-7-17(8-10-19)24-23(25)22-15-16-5-3-4-6-21(16)28-22/h3-15H,2H2,1H3,(H,24,25). The van der Waals surface area contributed by atoms with Crippen LogP contribution in [0.4, 0.5) is 5.69 Å². The number of nitrogens with one attached hydrogen (secondary N) is 1. The van der Waals surface area contributed by atoms with Gasteiger partial charge in [0.2, 0.25) is 0 Å². The Morgan fingerprint density at radius 3 is 2.21 bits per heavy atom. The van der Waals surface area contributed by atoms with E-state index >= 15 is 0 Å². The number of fused-ring (bicyclic) bond motifs is 1. The molecule has 28 heavy (non-hydrogen) atoms. The predicted molar refractivity (Wildman–Crippen MR) is 108 cm³/mol. The Bertz CT molecular complexity index is 1050. The molecular formula is C23H19NO4. The van der Waals surface area contributed by atoms with E-state index in [1.165, 1.54) is 0 Å². The Hall–Kier alpha value is -3.73. The van der Waals surface area contributed by atoms with Crippen molar-refractivity contribution in [2.45, 2.75) is 6.92 Å². The number of anilines is 1. The van der Waals surface area contributed by atoms with Crippen LogP contribution in [0.2, 0.25) is 0 Å². The molecule has 1 amide bonds. The van der Waals surface area contributed by atoms with Crippen molar-refractivity contribution in [3.05, 3.63) is 84.6 Å². The van der Waals surface area contributed by atoms with Gasteiger partial charge in [0.25, 0.3) is 5.91 Å². The fourth-order valence-corrected chi connectivity index (χ4v) is 2.80. The van der Waals surface area contributed by atoms with Crippen LogP contribution in [0.15, 0.2) is 83.3 Å². The van der Waals surface area contributed by atoms with E-state index in [1.807, 2.05) is 55.5 Å². The quantitative estimate of drug-likeness (QED) is 0.459. The zero-order valence-corrected chi connectivity index (χ0v) is 15.3. The van der Waals surface area contributed by atoms with E-state index in [4.69, 9.17) is 13.9 Å². The third-order valence-corrected chi connectivity index (χ3v) is 4.13. The van der Waals surface area contributed by atoms with Crippen molar-refractivity contribution >= 4 is 22.6 Å². The van der Waals surface area contributed by atoms with Gasteiger partial charge >= 0.3 is 0 Å². The summed E-state index contributed by atoms with van der Waals surface area (Å²) in [6.45, 7) is 2.57. The summed E-state index contributed by atoms with van der Waals surface area (Å²) < 4.78 is 16.8. The number of carbonyl (C=O) groups is 1. The molecule has 3 aromatic carbocycles. The molecule has 4 rings (SSSR count). The van der Waals surface area contributed by atoms with Gasteiger partial charge in [0.05, 0.1) is 6.61 Å². The van der Waals surface area contributed by atoms with E-state index in [0.29, 0.717) is 29.4 Å². The molecule has 140 valence electrons. The fraction of sp³-hybridized carbons (Fsp3) is 0.0870.